The summed E-state index contributed by atoms with van der Waals surface area (Å²) in [6, 6.07) is 16.0. The van der Waals surface area contributed by atoms with Gasteiger partial charge in [0, 0.05) is 17.0 Å². The van der Waals surface area contributed by atoms with Crippen LogP contribution in [0.2, 0.25) is 0 Å². The molecule has 0 bridgehead atoms. The van der Waals surface area contributed by atoms with Gasteiger partial charge >= 0.3 is 0 Å². The molecule has 1 unspecified atom stereocenters. The second-order valence-corrected chi connectivity index (χ2v) is 8.88. The van der Waals surface area contributed by atoms with Crippen LogP contribution < -0.4 is 10.0 Å². The largest absolute Gasteiger partial charge is 0.354 e. The summed E-state index contributed by atoms with van der Waals surface area (Å²) in [6.07, 6.45) is 0.837. The lowest BCUT2D eigenvalue weighted by Crippen LogP contribution is -2.34. The number of sulfonamides is 1. The number of nitrogens with zero attached hydrogens (tertiary/aromatic N) is 1. The number of aliphatic imine (C=N–C) groups is 1. The van der Waals surface area contributed by atoms with E-state index in [1.54, 1.807) is 36.9 Å². The molecule has 2 aromatic carbocycles. The molecule has 1 heterocycles. The van der Waals surface area contributed by atoms with Crippen molar-refractivity contribution < 1.29 is 13.2 Å². The maximum atomic E-state index is 12.2. The smallest absolute Gasteiger partial charge is 0.263 e. The number of nitrogens with one attached hydrogen (secondary N) is 2. The van der Waals surface area contributed by atoms with Crippen LogP contribution in [0.5, 0.6) is 0 Å². The molecular formula is C19H21N3O3S2. The van der Waals surface area contributed by atoms with Crippen molar-refractivity contribution in [1.82, 2.24) is 10.0 Å². The summed E-state index contributed by atoms with van der Waals surface area (Å²) < 4.78 is 26.6. The number of amides is 1. The maximum absolute atomic E-state index is 12.2. The third kappa shape index (κ3) is 4.90. The van der Waals surface area contributed by atoms with Gasteiger partial charge in [-0.05, 0) is 43.4 Å². The van der Waals surface area contributed by atoms with Gasteiger partial charge in [-0.15, -0.1) is 11.8 Å². The lowest BCUT2D eigenvalue weighted by molar-refractivity contribution is -0.121. The molecule has 2 aromatic rings. The molecular weight excluding hydrogens is 382 g/mol. The fourth-order valence-electron chi connectivity index (χ4n) is 2.62. The fraction of sp³-hybridized carbons (Fsp3) is 0.263. The van der Waals surface area contributed by atoms with Crippen LogP contribution in [0.4, 0.5) is 0 Å². The van der Waals surface area contributed by atoms with Crippen LogP contribution in [0.1, 0.15) is 18.9 Å². The maximum Gasteiger partial charge on any atom is 0.263 e. The van der Waals surface area contributed by atoms with Crippen LogP contribution in [0.3, 0.4) is 0 Å². The standard InChI is InChI=1S/C19H21N3O3S2/c1-14(19(23)20-12-7-13-26-15-8-3-2-4-9-15)21-18-16-10-5-6-11-17(16)27(24,25)22-18/h2-6,8-11,14H,7,12-13H2,1H3,(H,20,23)(H,21,22). The summed E-state index contributed by atoms with van der Waals surface area (Å²) in [5.74, 6) is 0.893. The van der Waals surface area contributed by atoms with E-state index in [1.165, 1.54) is 11.0 Å². The second kappa shape index (κ2) is 8.58. The topological polar surface area (TPSA) is 87.6 Å². The molecule has 0 radical (unpaired) electrons. The Bertz CT molecular complexity index is 944. The Labute approximate surface area is 163 Å². The van der Waals surface area contributed by atoms with E-state index in [9.17, 15) is 13.2 Å². The molecule has 3 rings (SSSR count). The number of hydrogen-bond acceptors (Lipinski definition) is 5. The molecule has 1 aliphatic rings. The Morgan fingerprint density at radius 3 is 2.63 bits per heavy atom. The molecule has 1 aliphatic heterocycles. The van der Waals surface area contributed by atoms with Crippen molar-refractivity contribution in [3.8, 4) is 0 Å². The molecule has 0 spiro atoms. The first-order valence-corrected chi connectivity index (χ1v) is 11.1. The second-order valence-electron chi connectivity index (χ2n) is 6.06. The molecule has 1 amide bonds. The monoisotopic (exact) mass is 403 g/mol. The van der Waals surface area contributed by atoms with Gasteiger partial charge in [-0.1, -0.05) is 30.3 Å². The molecule has 2 N–H and O–H groups in total. The number of hydrogen-bond donors (Lipinski definition) is 2. The molecule has 27 heavy (non-hydrogen) atoms. The highest BCUT2D eigenvalue weighted by molar-refractivity contribution is 7.99. The van der Waals surface area contributed by atoms with Crippen molar-refractivity contribution in [1.29, 1.82) is 0 Å². The molecule has 0 saturated heterocycles. The molecule has 0 aromatic heterocycles. The SMILES string of the molecule is CC(N=C1NS(=O)(=O)c2ccccc21)C(=O)NCCCSc1ccccc1. The number of amidine groups is 1. The highest BCUT2D eigenvalue weighted by Crippen LogP contribution is 2.22. The van der Waals surface area contributed by atoms with Crippen LogP contribution in [0.25, 0.3) is 0 Å². The van der Waals surface area contributed by atoms with E-state index in [-0.39, 0.29) is 16.6 Å². The Hall–Kier alpha value is -2.32. The van der Waals surface area contributed by atoms with Crippen molar-refractivity contribution in [2.24, 2.45) is 4.99 Å². The Morgan fingerprint density at radius 1 is 1.15 bits per heavy atom. The predicted octanol–water partition coefficient (Wildman–Crippen LogP) is 2.41. The van der Waals surface area contributed by atoms with E-state index >= 15 is 0 Å². The van der Waals surface area contributed by atoms with E-state index in [2.05, 4.69) is 27.2 Å². The van der Waals surface area contributed by atoms with Crippen LogP contribution in [0.15, 0.2) is 69.4 Å². The zero-order valence-corrected chi connectivity index (χ0v) is 16.5. The molecule has 0 aliphatic carbocycles. The molecule has 1 atom stereocenters. The van der Waals surface area contributed by atoms with E-state index in [4.69, 9.17) is 0 Å². The minimum Gasteiger partial charge on any atom is -0.354 e. The first kappa shape index (κ1) is 19.4. The minimum absolute atomic E-state index is 0.189. The van der Waals surface area contributed by atoms with Crippen LogP contribution in [0, 0.1) is 0 Å². The normalized spacial score (nSPS) is 17.1. The number of fused-ring (bicyclic) bond motifs is 1. The van der Waals surface area contributed by atoms with Gasteiger partial charge in [0.2, 0.25) is 5.91 Å². The van der Waals surface area contributed by atoms with Gasteiger partial charge in [0.25, 0.3) is 10.0 Å². The average Bonchev–Trinajstić information content (AvgIpc) is 2.92. The summed E-state index contributed by atoms with van der Waals surface area (Å²) in [4.78, 5) is 17.9. The number of thioether (sulfide) groups is 1. The van der Waals surface area contributed by atoms with E-state index in [0.717, 1.165) is 12.2 Å². The van der Waals surface area contributed by atoms with Gasteiger partial charge in [0.15, 0.2) is 0 Å². The Morgan fingerprint density at radius 2 is 1.85 bits per heavy atom. The highest BCUT2D eigenvalue weighted by Gasteiger charge is 2.31. The predicted molar refractivity (Wildman–Crippen MR) is 108 cm³/mol. The minimum atomic E-state index is -3.59. The van der Waals surface area contributed by atoms with E-state index in [0.29, 0.717) is 12.1 Å². The summed E-state index contributed by atoms with van der Waals surface area (Å²) in [5.41, 5.74) is 0.497. The van der Waals surface area contributed by atoms with E-state index < -0.39 is 16.1 Å². The molecule has 8 heteroatoms. The Kier molecular flexibility index (Phi) is 6.18. The Balaban J connectivity index is 1.50. The van der Waals surface area contributed by atoms with Crippen molar-refractivity contribution in [2.45, 2.75) is 29.2 Å². The van der Waals surface area contributed by atoms with Crippen molar-refractivity contribution >= 4 is 33.5 Å². The van der Waals surface area contributed by atoms with Crippen molar-refractivity contribution in [2.75, 3.05) is 12.3 Å². The molecule has 142 valence electrons. The number of rotatable bonds is 7. The molecule has 0 fully saturated rings. The van der Waals surface area contributed by atoms with Crippen molar-refractivity contribution in [3.05, 3.63) is 60.2 Å². The van der Waals surface area contributed by atoms with Crippen molar-refractivity contribution in [3.63, 3.8) is 0 Å². The zero-order valence-electron chi connectivity index (χ0n) is 14.9. The molecule has 0 saturated carbocycles. The van der Waals surface area contributed by atoms with Gasteiger partial charge in [-0.25, -0.2) is 8.42 Å². The summed E-state index contributed by atoms with van der Waals surface area (Å²) in [7, 11) is -3.59. The first-order valence-electron chi connectivity index (χ1n) is 8.63. The van der Waals surface area contributed by atoms with Crippen LogP contribution >= 0.6 is 11.8 Å². The average molecular weight is 404 g/mol. The third-order valence-electron chi connectivity index (χ3n) is 4.00. The summed E-state index contributed by atoms with van der Waals surface area (Å²) in [6.45, 7) is 2.20. The quantitative estimate of drug-likeness (QED) is 0.549. The van der Waals surface area contributed by atoms with Crippen LogP contribution in [-0.4, -0.2) is 38.5 Å². The summed E-state index contributed by atoms with van der Waals surface area (Å²) in [5, 5.41) is 2.85. The van der Waals surface area contributed by atoms with Gasteiger partial charge in [0.05, 0.1) is 4.90 Å². The lowest BCUT2D eigenvalue weighted by atomic mass is 10.2. The van der Waals surface area contributed by atoms with Gasteiger partial charge in [0.1, 0.15) is 11.9 Å². The van der Waals surface area contributed by atoms with Crippen LogP contribution in [-0.2, 0) is 14.8 Å². The zero-order chi connectivity index (χ0) is 19.3. The van der Waals surface area contributed by atoms with Gasteiger partial charge in [-0.3, -0.25) is 14.5 Å². The lowest BCUT2D eigenvalue weighted by Gasteiger charge is -2.09. The van der Waals surface area contributed by atoms with Gasteiger partial charge < -0.3 is 5.32 Å². The van der Waals surface area contributed by atoms with Gasteiger partial charge in [-0.2, -0.15) is 0 Å². The highest BCUT2D eigenvalue weighted by atomic mass is 32.2. The molecule has 6 nitrogen and oxygen atoms in total. The van der Waals surface area contributed by atoms with E-state index in [1.807, 2.05) is 18.2 Å². The number of carbonyl (C=O) groups excluding carboxylic acids is 1. The number of carbonyl (C=O) groups is 1. The third-order valence-corrected chi connectivity index (χ3v) is 6.49. The first-order chi connectivity index (χ1) is 13.0. The number of benzene rings is 2. The fourth-order valence-corrected chi connectivity index (χ4v) is 4.73. The summed E-state index contributed by atoms with van der Waals surface area (Å²) >= 11 is 1.74.